The molecule has 0 bridgehead atoms. The van der Waals surface area contributed by atoms with Crippen molar-refractivity contribution in [2.75, 3.05) is 20.2 Å². The first-order valence-corrected chi connectivity index (χ1v) is 7.43. The van der Waals surface area contributed by atoms with Crippen LogP contribution in [-0.4, -0.2) is 26.2 Å². The molecule has 0 saturated carbocycles. The van der Waals surface area contributed by atoms with Crippen LogP contribution in [0.5, 0.6) is 5.75 Å². The quantitative estimate of drug-likeness (QED) is 0.287. The smallest absolute Gasteiger partial charge is 0.188 e. The molecule has 0 unspecified atom stereocenters. The highest BCUT2D eigenvalue weighted by molar-refractivity contribution is 14.0. The molecule has 0 amide bonds. The minimum absolute atomic E-state index is 0. The van der Waals surface area contributed by atoms with Gasteiger partial charge in [0.05, 0.1) is 7.11 Å². The van der Waals surface area contributed by atoms with E-state index in [0.29, 0.717) is 5.96 Å². The van der Waals surface area contributed by atoms with Crippen LogP contribution in [0, 0.1) is 0 Å². The molecule has 0 aromatic heterocycles. The van der Waals surface area contributed by atoms with Gasteiger partial charge in [0.15, 0.2) is 5.96 Å². The number of nitrogens with zero attached hydrogens (tertiary/aromatic N) is 1. The summed E-state index contributed by atoms with van der Waals surface area (Å²) in [5.74, 6) is 1.43. The molecule has 0 aliphatic carbocycles. The molecule has 0 heterocycles. The third-order valence-electron chi connectivity index (χ3n) is 3.15. The van der Waals surface area contributed by atoms with Crippen molar-refractivity contribution >= 4 is 29.9 Å². The summed E-state index contributed by atoms with van der Waals surface area (Å²) >= 11 is 0. The zero-order valence-electron chi connectivity index (χ0n) is 13.1. The Kier molecular flexibility index (Phi) is 12.1. The number of benzene rings is 1. The number of nitrogens with two attached hydrogens (primary N) is 1. The standard InChI is InChI=1S/C16H27N3O.HI/c1-3-4-5-6-11-18-16(17)19-12-10-14-8-7-9-15(13-14)20-2;/h7-9,13H,3-6,10-12H2,1-2H3,(H3,17,18,19);1H. The van der Waals surface area contributed by atoms with Crippen molar-refractivity contribution in [1.29, 1.82) is 0 Å². The molecule has 3 N–H and O–H groups in total. The maximum absolute atomic E-state index is 5.82. The van der Waals surface area contributed by atoms with Gasteiger partial charge in [-0.2, -0.15) is 0 Å². The second-order valence-corrected chi connectivity index (χ2v) is 4.86. The molecule has 0 atom stereocenters. The molecule has 0 saturated heterocycles. The molecule has 1 rings (SSSR count). The number of methoxy groups -OCH3 is 1. The second-order valence-electron chi connectivity index (χ2n) is 4.86. The molecule has 1 aromatic carbocycles. The summed E-state index contributed by atoms with van der Waals surface area (Å²) in [7, 11) is 1.68. The van der Waals surface area contributed by atoms with Crippen LogP contribution in [0.25, 0.3) is 0 Å². The lowest BCUT2D eigenvalue weighted by molar-refractivity contribution is 0.414. The number of unbranched alkanes of at least 4 members (excludes halogenated alkanes) is 3. The Morgan fingerprint density at radius 1 is 1.29 bits per heavy atom. The predicted molar refractivity (Wildman–Crippen MR) is 101 cm³/mol. The summed E-state index contributed by atoms with van der Waals surface area (Å²) in [6.45, 7) is 3.81. The molecule has 0 radical (unpaired) electrons. The van der Waals surface area contributed by atoms with E-state index in [1.54, 1.807) is 7.11 Å². The van der Waals surface area contributed by atoms with Crippen molar-refractivity contribution in [3.63, 3.8) is 0 Å². The van der Waals surface area contributed by atoms with Gasteiger partial charge in [-0.25, -0.2) is 0 Å². The SMILES string of the molecule is CCCCCCN=C(N)NCCc1cccc(OC)c1.I. The Bertz CT molecular complexity index is 410. The monoisotopic (exact) mass is 405 g/mol. The van der Waals surface area contributed by atoms with E-state index in [0.717, 1.165) is 31.7 Å². The average Bonchev–Trinajstić information content (AvgIpc) is 2.47. The van der Waals surface area contributed by atoms with Gasteiger partial charge in [-0.1, -0.05) is 38.3 Å². The van der Waals surface area contributed by atoms with Crippen LogP contribution < -0.4 is 15.8 Å². The number of hydrogen-bond acceptors (Lipinski definition) is 2. The number of aliphatic imine (C=N–C) groups is 1. The lowest BCUT2D eigenvalue weighted by Gasteiger charge is -2.07. The lowest BCUT2D eigenvalue weighted by Crippen LogP contribution is -2.33. The van der Waals surface area contributed by atoms with Gasteiger partial charge in [-0.15, -0.1) is 24.0 Å². The average molecular weight is 405 g/mol. The fourth-order valence-electron chi connectivity index (χ4n) is 1.96. The van der Waals surface area contributed by atoms with Crippen LogP contribution in [0.3, 0.4) is 0 Å². The number of nitrogens with one attached hydrogen (secondary N) is 1. The summed E-state index contributed by atoms with van der Waals surface area (Å²) in [6, 6.07) is 8.07. The van der Waals surface area contributed by atoms with Gasteiger partial charge in [0.1, 0.15) is 5.75 Å². The largest absolute Gasteiger partial charge is 0.497 e. The number of ether oxygens (including phenoxy) is 1. The van der Waals surface area contributed by atoms with E-state index in [1.807, 2.05) is 18.2 Å². The summed E-state index contributed by atoms with van der Waals surface area (Å²) in [5.41, 5.74) is 7.05. The fourth-order valence-corrected chi connectivity index (χ4v) is 1.96. The molecule has 0 spiro atoms. The maximum atomic E-state index is 5.82. The highest BCUT2D eigenvalue weighted by atomic mass is 127. The maximum Gasteiger partial charge on any atom is 0.188 e. The molecule has 21 heavy (non-hydrogen) atoms. The first-order valence-electron chi connectivity index (χ1n) is 7.43. The zero-order valence-corrected chi connectivity index (χ0v) is 15.4. The third-order valence-corrected chi connectivity index (χ3v) is 3.15. The van der Waals surface area contributed by atoms with Crippen molar-refractivity contribution < 1.29 is 4.74 Å². The van der Waals surface area contributed by atoms with Gasteiger partial charge in [0, 0.05) is 13.1 Å². The molecular weight excluding hydrogens is 377 g/mol. The van der Waals surface area contributed by atoms with Gasteiger partial charge in [0.25, 0.3) is 0 Å². The fraction of sp³-hybridized carbons (Fsp3) is 0.562. The predicted octanol–water partition coefficient (Wildman–Crippen LogP) is 3.34. The lowest BCUT2D eigenvalue weighted by atomic mass is 10.1. The number of guanidine groups is 1. The minimum Gasteiger partial charge on any atom is -0.497 e. The summed E-state index contributed by atoms with van der Waals surface area (Å²) in [5, 5.41) is 3.15. The van der Waals surface area contributed by atoms with Crippen LogP contribution in [0.15, 0.2) is 29.3 Å². The first kappa shape index (κ1) is 20.0. The van der Waals surface area contributed by atoms with Gasteiger partial charge in [0.2, 0.25) is 0 Å². The Morgan fingerprint density at radius 3 is 2.81 bits per heavy atom. The topological polar surface area (TPSA) is 59.6 Å². The van der Waals surface area contributed by atoms with E-state index < -0.39 is 0 Å². The van der Waals surface area contributed by atoms with E-state index >= 15 is 0 Å². The van der Waals surface area contributed by atoms with E-state index in [9.17, 15) is 0 Å². The van der Waals surface area contributed by atoms with Gasteiger partial charge in [-0.3, -0.25) is 4.99 Å². The third kappa shape index (κ3) is 9.55. The normalized spacial score (nSPS) is 10.9. The van der Waals surface area contributed by atoms with Gasteiger partial charge >= 0.3 is 0 Å². The van der Waals surface area contributed by atoms with E-state index in [4.69, 9.17) is 10.5 Å². The molecule has 4 nitrogen and oxygen atoms in total. The van der Waals surface area contributed by atoms with Crippen molar-refractivity contribution in [3.05, 3.63) is 29.8 Å². The Balaban J connectivity index is 0.00000400. The van der Waals surface area contributed by atoms with Crippen LogP contribution in [0.1, 0.15) is 38.2 Å². The number of rotatable bonds is 9. The molecule has 0 aliphatic heterocycles. The van der Waals surface area contributed by atoms with E-state index in [-0.39, 0.29) is 24.0 Å². The summed E-state index contributed by atoms with van der Waals surface area (Å²) in [6.07, 6.45) is 5.78. The van der Waals surface area contributed by atoms with Gasteiger partial charge in [-0.05, 0) is 30.5 Å². The van der Waals surface area contributed by atoms with Crippen LogP contribution >= 0.6 is 24.0 Å². The Labute approximate surface area is 145 Å². The van der Waals surface area contributed by atoms with Crippen molar-refractivity contribution in [3.8, 4) is 5.75 Å². The van der Waals surface area contributed by atoms with Gasteiger partial charge < -0.3 is 15.8 Å². The Hall–Kier alpha value is -0.980. The molecule has 1 aromatic rings. The molecule has 120 valence electrons. The van der Waals surface area contributed by atoms with Crippen molar-refractivity contribution in [2.24, 2.45) is 10.7 Å². The second kappa shape index (κ2) is 12.7. The minimum atomic E-state index is 0. The number of halogens is 1. The molecule has 0 fully saturated rings. The zero-order chi connectivity index (χ0) is 14.6. The first-order chi connectivity index (χ1) is 9.76. The van der Waals surface area contributed by atoms with Crippen molar-refractivity contribution in [1.82, 2.24) is 5.32 Å². The van der Waals surface area contributed by atoms with Crippen molar-refractivity contribution in [2.45, 2.75) is 39.0 Å². The molecular formula is C16H28IN3O. The molecule has 0 aliphatic rings. The van der Waals surface area contributed by atoms with E-state index in [2.05, 4.69) is 23.3 Å². The highest BCUT2D eigenvalue weighted by Crippen LogP contribution is 2.12. The van der Waals surface area contributed by atoms with Crippen LogP contribution in [-0.2, 0) is 6.42 Å². The highest BCUT2D eigenvalue weighted by Gasteiger charge is 1.97. The number of hydrogen-bond donors (Lipinski definition) is 2. The summed E-state index contributed by atoms with van der Waals surface area (Å²) in [4.78, 5) is 4.32. The molecule has 5 heteroatoms. The van der Waals surface area contributed by atoms with E-state index in [1.165, 1.54) is 24.8 Å². The van der Waals surface area contributed by atoms with Crippen LogP contribution in [0.4, 0.5) is 0 Å². The van der Waals surface area contributed by atoms with Crippen LogP contribution in [0.2, 0.25) is 0 Å². The summed E-state index contributed by atoms with van der Waals surface area (Å²) < 4.78 is 5.20. The Morgan fingerprint density at radius 2 is 2.10 bits per heavy atom.